The molecule has 3 heterocycles. The number of hydrogen-bond donors (Lipinski definition) is 2. The van der Waals surface area contributed by atoms with Crippen LogP contribution in [0.2, 0.25) is 0 Å². The van der Waals surface area contributed by atoms with E-state index < -0.39 is 0 Å². The molecule has 2 aliphatic rings. The number of nitrogens with one attached hydrogen (secondary N) is 2. The molecular weight excluding hydrogens is 456 g/mol. The summed E-state index contributed by atoms with van der Waals surface area (Å²) >= 11 is 0. The third kappa shape index (κ3) is 5.33. The van der Waals surface area contributed by atoms with Crippen LogP contribution in [-0.4, -0.2) is 39.9 Å². The molecule has 6 rings (SSSR count). The summed E-state index contributed by atoms with van der Waals surface area (Å²) in [5.74, 6) is 0.571. The standard InChI is InChI=1S/C32H36N4O/c1-22-7-9-24(10-8-22)25-5-2-6-30-28(18-25)29-19-26(11-12-31(29)35-30)32(37)34-27-13-16-36(17-14-27)21-23-4-3-15-33-20-23/h3-4,7-12,15,19-20,25,27,35H,2,5-6,13-14,16-18,21H2,1H3,(H,34,37). The maximum atomic E-state index is 13.3. The minimum atomic E-state index is 0.0475. The lowest BCUT2D eigenvalue weighted by atomic mass is 9.89. The van der Waals surface area contributed by atoms with Crippen LogP contribution in [0, 0.1) is 6.92 Å². The Bertz CT molecular complexity index is 1370. The molecule has 190 valence electrons. The van der Waals surface area contributed by atoms with Gasteiger partial charge in [-0.15, -0.1) is 0 Å². The van der Waals surface area contributed by atoms with Gasteiger partial charge in [0.2, 0.25) is 0 Å². The van der Waals surface area contributed by atoms with Crippen LogP contribution in [0.3, 0.4) is 0 Å². The number of pyridine rings is 1. The molecular formula is C32H36N4O. The molecule has 0 radical (unpaired) electrons. The first-order valence-corrected chi connectivity index (χ1v) is 13.7. The number of piperidine rings is 1. The second-order valence-corrected chi connectivity index (χ2v) is 10.9. The SMILES string of the molecule is Cc1ccc(C2CCCc3[nH]c4ccc(C(=O)NC5CCN(Cc6cccnc6)CC5)cc4c3C2)cc1. The van der Waals surface area contributed by atoms with E-state index in [1.165, 1.54) is 46.2 Å². The molecule has 0 bridgehead atoms. The molecule has 2 N–H and O–H groups in total. The summed E-state index contributed by atoms with van der Waals surface area (Å²) < 4.78 is 0. The number of H-pyrrole nitrogens is 1. The quantitative estimate of drug-likeness (QED) is 0.340. The highest BCUT2D eigenvalue weighted by molar-refractivity contribution is 5.99. The Labute approximate surface area is 219 Å². The van der Waals surface area contributed by atoms with E-state index in [9.17, 15) is 4.79 Å². The summed E-state index contributed by atoms with van der Waals surface area (Å²) in [6.07, 6.45) is 10.2. The van der Waals surface area contributed by atoms with E-state index in [2.05, 4.69) is 69.6 Å². The topological polar surface area (TPSA) is 61.0 Å². The zero-order valence-electron chi connectivity index (χ0n) is 21.7. The molecule has 2 aromatic carbocycles. The Hall–Kier alpha value is -3.44. The van der Waals surface area contributed by atoms with E-state index in [-0.39, 0.29) is 11.9 Å². The van der Waals surface area contributed by atoms with Gasteiger partial charge < -0.3 is 10.3 Å². The van der Waals surface area contributed by atoms with Gasteiger partial charge in [-0.1, -0.05) is 35.9 Å². The van der Waals surface area contributed by atoms with E-state index in [1.54, 1.807) is 0 Å². The van der Waals surface area contributed by atoms with Crippen LogP contribution in [0.25, 0.3) is 10.9 Å². The summed E-state index contributed by atoms with van der Waals surface area (Å²) in [7, 11) is 0. The first-order chi connectivity index (χ1) is 18.1. The van der Waals surface area contributed by atoms with E-state index in [0.29, 0.717) is 5.92 Å². The van der Waals surface area contributed by atoms with Crippen molar-refractivity contribution in [3.63, 3.8) is 0 Å². The molecule has 0 spiro atoms. The maximum absolute atomic E-state index is 13.3. The molecule has 0 saturated carbocycles. The van der Waals surface area contributed by atoms with Crippen LogP contribution in [-0.2, 0) is 19.4 Å². The number of nitrogens with zero attached hydrogens (tertiary/aromatic N) is 2. The second kappa shape index (κ2) is 10.5. The number of likely N-dealkylation sites (tertiary alicyclic amines) is 1. The normalized spacial score (nSPS) is 18.9. The Kier molecular flexibility index (Phi) is 6.79. The van der Waals surface area contributed by atoms with Gasteiger partial charge in [0.15, 0.2) is 0 Å². The van der Waals surface area contributed by atoms with Crippen LogP contribution in [0.5, 0.6) is 0 Å². The lowest BCUT2D eigenvalue weighted by Gasteiger charge is -2.32. The van der Waals surface area contributed by atoms with Crippen molar-refractivity contribution in [3.8, 4) is 0 Å². The fourth-order valence-corrected chi connectivity index (χ4v) is 6.14. The van der Waals surface area contributed by atoms with Crippen molar-refractivity contribution in [1.29, 1.82) is 0 Å². The minimum absolute atomic E-state index is 0.0475. The zero-order chi connectivity index (χ0) is 25.2. The fourth-order valence-electron chi connectivity index (χ4n) is 6.14. The number of amides is 1. The highest BCUT2D eigenvalue weighted by Gasteiger charge is 2.24. The molecule has 1 amide bonds. The van der Waals surface area contributed by atoms with Gasteiger partial charge in [0.25, 0.3) is 5.91 Å². The predicted molar refractivity (Wildman–Crippen MR) is 149 cm³/mol. The van der Waals surface area contributed by atoms with E-state index in [4.69, 9.17) is 0 Å². The smallest absolute Gasteiger partial charge is 0.251 e. The summed E-state index contributed by atoms with van der Waals surface area (Å²) in [6.45, 7) is 5.05. The van der Waals surface area contributed by atoms with Gasteiger partial charge >= 0.3 is 0 Å². The molecule has 4 aromatic rings. The first kappa shape index (κ1) is 23.9. The number of aromatic nitrogens is 2. The molecule has 37 heavy (non-hydrogen) atoms. The molecule has 1 fully saturated rings. The van der Waals surface area contributed by atoms with Crippen LogP contribution in [0.4, 0.5) is 0 Å². The molecule has 5 nitrogen and oxygen atoms in total. The summed E-state index contributed by atoms with van der Waals surface area (Å²) in [5, 5.41) is 4.54. The van der Waals surface area contributed by atoms with Crippen molar-refractivity contribution in [1.82, 2.24) is 20.2 Å². The van der Waals surface area contributed by atoms with Crippen LogP contribution < -0.4 is 5.32 Å². The largest absolute Gasteiger partial charge is 0.358 e. The zero-order valence-corrected chi connectivity index (χ0v) is 21.7. The number of carbonyl (C=O) groups is 1. The highest BCUT2D eigenvalue weighted by Crippen LogP contribution is 2.36. The number of fused-ring (bicyclic) bond motifs is 3. The Morgan fingerprint density at radius 1 is 1.08 bits per heavy atom. The monoisotopic (exact) mass is 492 g/mol. The lowest BCUT2D eigenvalue weighted by Crippen LogP contribution is -2.44. The number of benzene rings is 2. The van der Waals surface area contributed by atoms with Gasteiger partial charge in [0.1, 0.15) is 0 Å². The van der Waals surface area contributed by atoms with Crippen LogP contribution >= 0.6 is 0 Å². The number of aryl methyl sites for hydroxylation is 2. The van der Waals surface area contributed by atoms with Crippen LogP contribution in [0.1, 0.15) is 69.9 Å². The third-order valence-electron chi connectivity index (χ3n) is 8.29. The van der Waals surface area contributed by atoms with Crippen molar-refractivity contribution < 1.29 is 4.79 Å². The van der Waals surface area contributed by atoms with Gasteiger partial charge in [-0.25, -0.2) is 0 Å². The van der Waals surface area contributed by atoms with Crippen molar-refractivity contribution in [2.24, 2.45) is 0 Å². The average molecular weight is 493 g/mol. The number of aromatic amines is 1. The fraction of sp³-hybridized carbons (Fsp3) is 0.375. The number of carbonyl (C=O) groups excluding carboxylic acids is 1. The van der Waals surface area contributed by atoms with Gasteiger partial charge in [-0.2, -0.15) is 0 Å². The maximum Gasteiger partial charge on any atom is 0.251 e. The van der Waals surface area contributed by atoms with Crippen molar-refractivity contribution in [2.45, 2.75) is 64.0 Å². The molecule has 5 heteroatoms. The number of hydrogen-bond acceptors (Lipinski definition) is 3. The molecule has 1 aliphatic heterocycles. The van der Waals surface area contributed by atoms with Crippen molar-refractivity contribution in [3.05, 3.63) is 101 Å². The molecule has 1 unspecified atom stereocenters. The molecule has 2 aromatic heterocycles. The molecule has 1 atom stereocenters. The summed E-state index contributed by atoms with van der Waals surface area (Å²) in [4.78, 5) is 23.6. The van der Waals surface area contributed by atoms with Crippen molar-refractivity contribution in [2.75, 3.05) is 13.1 Å². The Morgan fingerprint density at radius 2 is 1.92 bits per heavy atom. The second-order valence-electron chi connectivity index (χ2n) is 10.9. The minimum Gasteiger partial charge on any atom is -0.358 e. The molecule has 1 saturated heterocycles. The van der Waals surface area contributed by atoms with Crippen molar-refractivity contribution >= 4 is 16.8 Å². The lowest BCUT2D eigenvalue weighted by molar-refractivity contribution is 0.0909. The van der Waals surface area contributed by atoms with Gasteiger partial charge in [0.05, 0.1) is 0 Å². The number of rotatable bonds is 5. The van der Waals surface area contributed by atoms with Gasteiger partial charge in [0, 0.05) is 60.2 Å². The Balaban J connectivity index is 1.14. The third-order valence-corrected chi connectivity index (χ3v) is 8.29. The average Bonchev–Trinajstić information content (AvgIpc) is 3.12. The summed E-state index contributed by atoms with van der Waals surface area (Å²) in [6, 6.07) is 19.6. The van der Waals surface area contributed by atoms with Crippen LogP contribution in [0.15, 0.2) is 67.0 Å². The highest BCUT2D eigenvalue weighted by atomic mass is 16.1. The van der Waals surface area contributed by atoms with E-state index in [0.717, 1.165) is 56.4 Å². The van der Waals surface area contributed by atoms with Gasteiger partial charge in [-0.3, -0.25) is 14.7 Å². The van der Waals surface area contributed by atoms with E-state index in [1.807, 2.05) is 24.5 Å². The Morgan fingerprint density at radius 3 is 2.70 bits per heavy atom. The van der Waals surface area contributed by atoms with E-state index >= 15 is 0 Å². The molecule has 1 aliphatic carbocycles. The first-order valence-electron chi connectivity index (χ1n) is 13.7. The summed E-state index contributed by atoms with van der Waals surface area (Å²) in [5.41, 5.74) is 8.64. The van der Waals surface area contributed by atoms with Gasteiger partial charge in [-0.05, 0) is 92.3 Å². The predicted octanol–water partition coefficient (Wildman–Crippen LogP) is 5.93.